The van der Waals surface area contributed by atoms with Crippen LogP contribution in [-0.2, 0) is 4.84 Å². The Hall–Kier alpha value is -1.75. The van der Waals surface area contributed by atoms with E-state index in [1.165, 1.54) is 0 Å². The van der Waals surface area contributed by atoms with E-state index in [9.17, 15) is 0 Å². The highest BCUT2D eigenvalue weighted by Crippen LogP contribution is 2.35. The molecule has 2 heterocycles. The maximum Gasteiger partial charge on any atom is 0.231 e. The largest absolute Gasteiger partial charge is 0.454 e. The molecule has 0 aromatic heterocycles. The van der Waals surface area contributed by atoms with Gasteiger partial charge in [-0.1, -0.05) is 6.07 Å². The highest BCUT2D eigenvalue weighted by molar-refractivity contribution is 6.01. The Morgan fingerprint density at radius 3 is 3.14 bits per heavy atom. The van der Waals surface area contributed by atoms with Gasteiger partial charge in [-0.15, -0.1) is 0 Å². The summed E-state index contributed by atoms with van der Waals surface area (Å²) in [6.45, 7) is 0.598. The van der Waals surface area contributed by atoms with E-state index >= 15 is 0 Å². The van der Waals surface area contributed by atoms with Crippen LogP contribution in [0.15, 0.2) is 23.2 Å². The SMILES string of the molecule is c1cc2c(c(C3=NCON3)c1)OCO2. The van der Waals surface area contributed by atoms with Crippen LogP contribution in [0.25, 0.3) is 0 Å². The van der Waals surface area contributed by atoms with Crippen molar-refractivity contribution in [1.82, 2.24) is 5.48 Å². The third-order valence-corrected chi connectivity index (χ3v) is 2.11. The number of aliphatic imine (C=N–C) groups is 1. The highest BCUT2D eigenvalue weighted by Gasteiger charge is 2.21. The van der Waals surface area contributed by atoms with Crippen molar-refractivity contribution in [3.8, 4) is 11.5 Å². The lowest BCUT2D eigenvalue weighted by Crippen LogP contribution is -2.18. The van der Waals surface area contributed by atoms with Gasteiger partial charge in [0.25, 0.3) is 0 Å². The van der Waals surface area contributed by atoms with E-state index in [0.717, 1.165) is 17.1 Å². The van der Waals surface area contributed by atoms with Crippen molar-refractivity contribution >= 4 is 5.84 Å². The first-order chi connectivity index (χ1) is 6.95. The fraction of sp³-hybridized carbons (Fsp3) is 0.222. The molecular formula is C9H8N2O3. The Kier molecular flexibility index (Phi) is 1.57. The minimum absolute atomic E-state index is 0.264. The molecule has 0 atom stereocenters. The molecule has 0 amide bonds. The van der Waals surface area contributed by atoms with Gasteiger partial charge in [-0.25, -0.2) is 10.5 Å². The molecule has 5 heteroatoms. The minimum atomic E-state index is 0.264. The number of ether oxygens (including phenoxy) is 2. The Morgan fingerprint density at radius 2 is 2.29 bits per heavy atom. The number of hydroxylamine groups is 1. The van der Waals surface area contributed by atoms with Crippen molar-refractivity contribution < 1.29 is 14.3 Å². The maximum absolute atomic E-state index is 5.34. The number of hydrogen-bond donors (Lipinski definition) is 1. The van der Waals surface area contributed by atoms with Crippen LogP contribution in [-0.4, -0.2) is 19.4 Å². The van der Waals surface area contributed by atoms with Crippen molar-refractivity contribution in [2.75, 3.05) is 13.5 Å². The van der Waals surface area contributed by atoms with Gasteiger partial charge in [0, 0.05) is 0 Å². The maximum atomic E-state index is 5.34. The van der Waals surface area contributed by atoms with Crippen LogP contribution in [0.3, 0.4) is 0 Å². The second kappa shape index (κ2) is 2.88. The second-order valence-electron chi connectivity index (χ2n) is 2.92. The van der Waals surface area contributed by atoms with E-state index in [1.54, 1.807) is 0 Å². The smallest absolute Gasteiger partial charge is 0.231 e. The molecule has 0 fully saturated rings. The number of rotatable bonds is 1. The van der Waals surface area contributed by atoms with Crippen LogP contribution in [0, 0.1) is 0 Å². The Bertz CT molecular complexity index is 403. The quantitative estimate of drug-likeness (QED) is 0.710. The Morgan fingerprint density at radius 1 is 1.29 bits per heavy atom. The van der Waals surface area contributed by atoms with E-state index in [0.29, 0.717) is 12.6 Å². The number of amidine groups is 1. The molecule has 0 unspecified atom stereocenters. The lowest BCUT2D eigenvalue weighted by Gasteiger charge is -2.04. The first-order valence-corrected chi connectivity index (χ1v) is 4.26. The standard InChI is InChI=1S/C9H8N2O3/c1-2-6(9-10-4-14-11-9)8-7(3-1)12-5-13-8/h1-3H,4-5H2,(H,10,11). The number of nitrogens with one attached hydrogen (secondary N) is 1. The molecule has 3 rings (SSSR count). The molecule has 0 saturated carbocycles. The Balaban J connectivity index is 2.09. The van der Waals surface area contributed by atoms with Crippen LogP contribution >= 0.6 is 0 Å². The fourth-order valence-corrected chi connectivity index (χ4v) is 1.49. The molecule has 1 N–H and O–H groups in total. The molecule has 0 saturated heterocycles. The summed E-state index contributed by atoms with van der Waals surface area (Å²) in [7, 11) is 0. The second-order valence-corrected chi connectivity index (χ2v) is 2.92. The van der Waals surface area contributed by atoms with Crippen molar-refractivity contribution in [1.29, 1.82) is 0 Å². The third-order valence-electron chi connectivity index (χ3n) is 2.11. The first-order valence-electron chi connectivity index (χ1n) is 4.26. The molecule has 0 aliphatic carbocycles. The summed E-state index contributed by atoms with van der Waals surface area (Å²) < 4.78 is 10.6. The van der Waals surface area contributed by atoms with Gasteiger partial charge in [-0.05, 0) is 12.1 Å². The summed E-state index contributed by atoms with van der Waals surface area (Å²) in [5.74, 6) is 2.16. The average Bonchev–Trinajstić information content (AvgIpc) is 2.88. The van der Waals surface area contributed by atoms with E-state index in [1.807, 2.05) is 18.2 Å². The number of hydrogen-bond acceptors (Lipinski definition) is 5. The number of nitrogens with zero attached hydrogens (tertiary/aromatic N) is 1. The van der Waals surface area contributed by atoms with E-state index < -0.39 is 0 Å². The monoisotopic (exact) mass is 192 g/mol. The van der Waals surface area contributed by atoms with Gasteiger partial charge in [-0.2, -0.15) is 0 Å². The zero-order valence-corrected chi connectivity index (χ0v) is 7.32. The molecule has 0 radical (unpaired) electrons. The van der Waals surface area contributed by atoms with Crippen molar-refractivity contribution in [2.45, 2.75) is 0 Å². The van der Waals surface area contributed by atoms with Crippen LogP contribution in [0.4, 0.5) is 0 Å². The summed E-state index contributed by atoms with van der Waals surface area (Å²) in [5.41, 5.74) is 3.59. The number of para-hydroxylation sites is 1. The summed E-state index contributed by atoms with van der Waals surface area (Å²) in [4.78, 5) is 9.05. The van der Waals surface area contributed by atoms with Gasteiger partial charge in [0.1, 0.15) is 0 Å². The fourth-order valence-electron chi connectivity index (χ4n) is 1.49. The molecule has 0 spiro atoms. The van der Waals surface area contributed by atoms with Gasteiger partial charge in [0.15, 0.2) is 24.1 Å². The predicted molar refractivity (Wildman–Crippen MR) is 48.2 cm³/mol. The normalized spacial score (nSPS) is 17.9. The zero-order chi connectivity index (χ0) is 9.38. The van der Waals surface area contributed by atoms with Gasteiger partial charge in [-0.3, -0.25) is 4.84 Å². The molecule has 5 nitrogen and oxygen atoms in total. The van der Waals surface area contributed by atoms with Crippen molar-refractivity contribution in [3.05, 3.63) is 23.8 Å². The van der Waals surface area contributed by atoms with Crippen LogP contribution in [0.5, 0.6) is 11.5 Å². The van der Waals surface area contributed by atoms with Crippen molar-refractivity contribution in [3.63, 3.8) is 0 Å². The molecule has 0 bridgehead atoms. The minimum Gasteiger partial charge on any atom is -0.454 e. The Labute approximate surface area is 80.3 Å². The van der Waals surface area contributed by atoms with Crippen LogP contribution in [0.1, 0.15) is 5.56 Å². The van der Waals surface area contributed by atoms with Crippen LogP contribution < -0.4 is 15.0 Å². The average molecular weight is 192 g/mol. The third kappa shape index (κ3) is 1.03. The highest BCUT2D eigenvalue weighted by atomic mass is 16.7. The molecule has 72 valence electrons. The van der Waals surface area contributed by atoms with E-state index in [-0.39, 0.29) is 6.79 Å². The van der Waals surface area contributed by atoms with Gasteiger partial charge in [0.2, 0.25) is 6.79 Å². The number of benzene rings is 1. The van der Waals surface area contributed by atoms with E-state index in [2.05, 4.69) is 10.5 Å². The van der Waals surface area contributed by atoms with Crippen LogP contribution in [0.2, 0.25) is 0 Å². The van der Waals surface area contributed by atoms with Gasteiger partial charge >= 0.3 is 0 Å². The lowest BCUT2D eigenvalue weighted by atomic mass is 10.1. The lowest BCUT2D eigenvalue weighted by molar-refractivity contribution is 0.115. The topological polar surface area (TPSA) is 52.1 Å². The number of fused-ring (bicyclic) bond motifs is 1. The molecule has 14 heavy (non-hydrogen) atoms. The molecule has 2 aliphatic rings. The summed E-state index contributed by atoms with van der Waals surface area (Å²) >= 11 is 0. The molecular weight excluding hydrogens is 184 g/mol. The molecule has 1 aromatic carbocycles. The zero-order valence-electron chi connectivity index (χ0n) is 7.32. The summed E-state index contributed by atoms with van der Waals surface area (Å²) in [5, 5.41) is 0. The summed E-state index contributed by atoms with van der Waals surface area (Å²) in [6.07, 6.45) is 0. The van der Waals surface area contributed by atoms with Gasteiger partial charge < -0.3 is 9.47 Å². The van der Waals surface area contributed by atoms with E-state index in [4.69, 9.17) is 14.3 Å². The first kappa shape index (κ1) is 7.64. The van der Waals surface area contributed by atoms with Crippen molar-refractivity contribution in [2.24, 2.45) is 4.99 Å². The molecule has 1 aromatic rings. The summed E-state index contributed by atoms with van der Waals surface area (Å²) in [6, 6.07) is 5.67. The van der Waals surface area contributed by atoms with Gasteiger partial charge in [0.05, 0.1) is 5.56 Å². The predicted octanol–water partition coefficient (Wildman–Crippen LogP) is 0.654. The molecule has 2 aliphatic heterocycles.